The highest BCUT2D eigenvalue weighted by Gasteiger charge is 2.38. The van der Waals surface area contributed by atoms with Crippen LogP contribution in [-0.4, -0.2) is 31.2 Å². The molecule has 0 spiro atoms. The van der Waals surface area contributed by atoms with Crippen LogP contribution >= 0.6 is 0 Å². The molecule has 2 aromatic rings. The number of pyridine rings is 1. The second-order valence-electron chi connectivity index (χ2n) is 8.03. The van der Waals surface area contributed by atoms with Gasteiger partial charge in [0.1, 0.15) is 23.2 Å². The van der Waals surface area contributed by atoms with E-state index in [0.29, 0.717) is 5.76 Å². The van der Waals surface area contributed by atoms with Crippen molar-refractivity contribution >= 4 is 22.7 Å². The van der Waals surface area contributed by atoms with E-state index in [-0.39, 0.29) is 17.0 Å². The predicted molar refractivity (Wildman–Crippen MR) is 118 cm³/mol. The molecule has 1 aromatic heterocycles. The third-order valence-corrected chi connectivity index (χ3v) is 5.96. The molecule has 0 radical (unpaired) electrons. The van der Waals surface area contributed by atoms with Crippen molar-refractivity contribution < 1.29 is 14.3 Å². The first kappa shape index (κ1) is 20.7. The van der Waals surface area contributed by atoms with Crippen LogP contribution in [0.25, 0.3) is 10.9 Å². The molecule has 0 bridgehead atoms. The third kappa shape index (κ3) is 3.70. The lowest BCUT2D eigenvalue weighted by Gasteiger charge is -2.33. The second-order valence-corrected chi connectivity index (χ2v) is 8.03. The Bertz CT molecular complexity index is 1150. The minimum Gasteiger partial charge on any atom is -0.466 e. The molecule has 2 aliphatic rings. The van der Waals surface area contributed by atoms with E-state index >= 15 is 0 Å². The van der Waals surface area contributed by atoms with E-state index in [1.807, 2.05) is 25.1 Å². The van der Waals surface area contributed by atoms with Crippen molar-refractivity contribution in [2.75, 3.05) is 25.1 Å². The van der Waals surface area contributed by atoms with Crippen LogP contribution in [0.15, 0.2) is 47.1 Å². The van der Waals surface area contributed by atoms with Gasteiger partial charge in [-0.25, -0.2) is 9.78 Å². The van der Waals surface area contributed by atoms with Crippen LogP contribution in [0.5, 0.6) is 0 Å². The van der Waals surface area contributed by atoms with Crippen molar-refractivity contribution in [3.8, 4) is 6.07 Å². The van der Waals surface area contributed by atoms with Gasteiger partial charge in [0.15, 0.2) is 0 Å². The van der Waals surface area contributed by atoms with Crippen LogP contribution in [0.2, 0.25) is 0 Å². The standard InChI is InChI=1S/C24H26N4O3/c1-14-7-8-19-16(11-14)12-17(23(27-19)28-9-5-4-6-10-28)21-18(13-25)22(26)31-15(2)20(21)24(29)30-3/h7-8,11-12,21H,4-6,9-10,26H2,1-3H3. The number of carbonyl (C=O) groups is 1. The van der Waals surface area contributed by atoms with Crippen molar-refractivity contribution in [2.24, 2.45) is 5.73 Å². The molecule has 1 fully saturated rings. The SMILES string of the molecule is COC(=O)C1=C(C)OC(N)=C(C#N)C1c1cc2cc(C)ccc2nc1N1CCCCC1. The maximum atomic E-state index is 12.8. The van der Waals surface area contributed by atoms with Crippen molar-refractivity contribution in [2.45, 2.75) is 39.0 Å². The zero-order valence-corrected chi connectivity index (χ0v) is 18.1. The Balaban J connectivity index is 2.01. The summed E-state index contributed by atoms with van der Waals surface area (Å²) in [4.78, 5) is 20.0. The molecule has 1 aromatic carbocycles. The molecule has 2 N–H and O–H groups in total. The minimum atomic E-state index is -0.708. The zero-order chi connectivity index (χ0) is 22.1. The molecule has 7 nitrogen and oxygen atoms in total. The minimum absolute atomic E-state index is 0.00610. The van der Waals surface area contributed by atoms with Crippen molar-refractivity contribution in [1.29, 1.82) is 5.26 Å². The van der Waals surface area contributed by atoms with Gasteiger partial charge in [-0.3, -0.25) is 0 Å². The highest BCUT2D eigenvalue weighted by atomic mass is 16.5. The molecule has 7 heteroatoms. The number of aryl methyl sites for hydroxylation is 1. The molecule has 4 rings (SSSR count). The number of carbonyl (C=O) groups excluding carboxylic acids is 1. The van der Waals surface area contributed by atoms with Crippen LogP contribution in [0.3, 0.4) is 0 Å². The van der Waals surface area contributed by atoms with E-state index in [2.05, 4.69) is 17.0 Å². The fourth-order valence-corrected chi connectivity index (χ4v) is 4.44. The first-order valence-corrected chi connectivity index (χ1v) is 10.5. The molecule has 31 heavy (non-hydrogen) atoms. The first-order chi connectivity index (χ1) is 14.9. The van der Waals surface area contributed by atoms with Gasteiger partial charge in [-0.1, -0.05) is 11.6 Å². The van der Waals surface area contributed by atoms with Gasteiger partial charge in [-0.05, 0) is 51.3 Å². The molecule has 1 saturated heterocycles. The van der Waals surface area contributed by atoms with Crippen molar-refractivity contribution in [1.82, 2.24) is 4.98 Å². The smallest absolute Gasteiger partial charge is 0.338 e. The van der Waals surface area contributed by atoms with Gasteiger partial charge in [0.05, 0.1) is 24.1 Å². The number of hydrogen-bond donors (Lipinski definition) is 1. The van der Waals surface area contributed by atoms with Crippen LogP contribution in [-0.2, 0) is 14.3 Å². The van der Waals surface area contributed by atoms with Gasteiger partial charge in [-0.15, -0.1) is 0 Å². The number of nitrogens with zero attached hydrogens (tertiary/aromatic N) is 3. The molecular weight excluding hydrogens is 392 g/mol. The van der Waals surface area contributed by atoms with Gasteiger partial charge < -0.3 is 20.1 Å². The summed E-state index contributed by atoms with van der Waals surface area (Å²) < 4.78 is 10.6. The molecule has 160 valence electrons. The monoisotopic (exact) mass is 418 g/mol. The van der Waals surface area contributed by atoms with E-state index in [1.54, 1.807) is 6.92 Å². The number of hydrogen-bond acceptors (Lipinski definition) is 7. The van der Waals surface area contributed by atoms with Gasteiger partial charge in [0.2, 0.25) is 5.88 Å². The van der Waals surface area contributed by atoms with Gasteiger partial charge in [0, 0.05) is 24.0 Å². The number of aromatic nitrogens is 1. The van der Waals surface area contributed by atoms with E-state index in [9.17, 15) is 10.1 Å². The Morgan fingerprint density at radius 2 is 2.00 bits per heavy atom. The number of nitrogens with two attached hydrogens (primary N) is 1. The first-order valence-electron chi connectivity index (χ1n) is 10.5. The normalized spacial score (nSPS) is 19.3. The number of anilines is 1. The number of nitriles is 1. The molecule has 0 saturated carbocycles. The lowest BCUT2D eigenvalue weighted by Crippen LogP contribution is -2.33. The van der Waals surface area contributed by atoms with Gasteiger partial charge in [-0.2, -0.15) is 5.26 Å². The Morgan fingerprint density at radius 1 is 1.26 bits per heavy atom. The number of benzene rings is 1. The topological polar surface area (TPSA) is 101 Å². The quantitative estimate of drug-likeness (QED) is 0.757. The largest absolute Gasteiger partial charge is 0.466 e. The number of esters is 1. The van der Waals surface area contributed by atoms with Crippen LogP contribution in [0.1, 0.15) is 43.2 Å². The second kappa shape index (κ2) is 8.31. The molecule has 0 aliphatic carbocycles. The molecule has 0 amide bonds. The average molecular weight is 418 g/mol. The van der Waals surface area contributed by atoms with Crippen LogP contribution in [0.4, 0.5) is 5.82 Å². The summed E-state index contributed by atoms with van der Waals surface area (Å²) in [5.74, 6) is -0.135. The van der Waals surface area contributed by atoms with Crippen molar-refractivity contribution in [3.63, 3.8) is 0 Å². The summed E-state index contributed by atoms with van der Waals surface area (Å²) in [6.45, 7) is 5.43. The number of ether oxygens (including phenoxy) is 2. The zero-order valence-electron chi connectivity index (χ0n) is 18.1. The summed E-state index contributed by atoms with van der Waals surface area (Å²) >= 11 is 0. The van der Waals surface area contributed by atoms with Gasteiger partial charge in [0.25, 0.3) is 0 Å². The predicted octanol–water partition coefficient (Wildman–Crippen LogP) is 3.79. The van der Waals surface area contributed by atoms with E-state index in [0.717, 1.165) is 53.8 Å². The third-order valence-electron chi connectivity index (χ3n) is 5.96. The Hall–Kier alpha value is -3.53. The number of rotatable bonds is 3. The van der Waals surface area contributed by atoms with E-state index in [4.69, 9.17) is 20.2 Å². The molecular formula is C24H26N4O3. The van der Waals surface area contributed by atoms with Crippen LogP contribution < -0.4 is 10.6 Å². The molecule has 1 atom stereocenters. The van der Waals surface area contributed by atoms with E-state index in [1.165, 1.54) is 13.5 Å². The maximum absolute atomic E-state index is 12.8. The number of piperidine rings is 1. The molecule has 1 unspecified atom stereocenters. The lowest BCUT2D eigenvalue weighted by molar-refractivity contribution is -0.136. The average Bonchev–Trinajstić information content (AvgIpc) is 2.77. The number of methoxy groups -OCH3 is 1. The number of allylic oxidation sites excluding steroid dienone is 2. The fraction of sp³-hybridized carbons (Fsp3) is 0.375. The highest BCUT2D eigenvalue weighted by molar-refractivity contribution is 5.94. The van der Waals surface area contributed by atoms with E-state index < -0.39 is 11.9 Å². The van der Waals surface area contributed by atoms with Gasteiger partial charge >= 0.3 is 5.97 Å². The molecule has 2 aliphatic heterocycles. The summed E-state index contributed by atoms with van der Waals surface area (Å²) in [6.07, 6.45) is 3.32. The van der Waals surface area contributed by atoms with Crippen LogP contribution in [0, 0.1) is 18.3 Å². The lowest BCUT2D eigenvalue weighted by atomic mass is 9.82. The Labute approximate surface area is 181 Å². The summed E-state index contributed by atoms with van der Waals surface area (Å²) in [6, 6.07) is 10.3. The molecule has 3 heterocycles. The summed E-state index contributed by atoms with van der Waals surface area (Å²) in [5, 5.41) is 10.9. The highest BCUT2D eigenvalue weighted by Crippen LogP contribution is 2.44. The maximum Gasteiger partial charge on any atom is 0.338 e. The fourth-order valence-electron chi connectivity index (χ4n) is 4.44. The Kier molecular flexibility index (Phi) is 5.55. The summed E-state index contributed by atoms with van der Waals surface area (Å²) in [5.41, 5.74) is 9.31. The van der Waals surface area contributed by atoms with Crippen molar-refractivity contribution in [3.05, 3.63) is 58.2 Å². The Morgan fingerprint density at radius 3 is 2.68 bits per heavy atom. The summed E-state index contributed by atoms with van der Waals surface area (Å²) in [7, 11) is 1.32. The number of fused-ring (bicyclic) bond motifs is 1.